The number of hydrogen-bond donors (Lipinski definition) is 1. The van der Waals surface area contributed by atoms with Crippen LogP contribution in [0.3, 0.4) is 0 Å². The molecule has 4 rings (SSSR count). The second-order valence-electron chi connectivity index (χ2n) is 9.01. The molecule has 1 heterocycles. The van der Waals surface area contributed by atoms with E-state index in [9.17, 15) is 5.11 Å². The predicted molar refractivity (Wildman–Crippen MR) is 137 cm³/mol. The molecule has 0 radical (unpaired) electrons. The Labute approximate surface area is 202 Å². The van der Waals surface area contributed by atoms with Crippen LogP contribution >= 0.6 is 11.6 Å². The van der Waals surface area contributed by atoms with Gasteiger partial charge in [-0.3, -0.25) is 9.80 Å². The summed E-state index contributed by atoms with van der Waals surface area (Å²) in [5.74, 6) is 0.673. The van der Waals surface area contributed by atoms with Gasteiger partial charge in [-0.15, -0.1) is 0 Å². The molecular formula is C28H35ClN2O2. The highest BCUT2D eigenvalue weighted by atomic mass is 35.5. The number of halogens is 1. The highest BCUT2D eigenvalue weighted by Gasteiger charge is 2.30. The second kappa shape index (κ2) is 11.3. The molecule has 33 heavy (non-hydrogen) atoms. The lowest BCUT2D eigenvalue weighted by atomic mass is 9.94. The number of aliphatic hydroxyl groups excluding tert-OH is 1. The number of nitrogens with zero attached hydrogens (tertiary/aromatic N) is 2. The fourth-order valence-corrected chi connectivity index (χ4v) is 5.21. The number of methoxy groups -OCH3 is 1. The van der Waals surface area contributed by atoms with Crippen LogP contribution in [0.15, 0.2) is 60.7 Å². The number of hydrogen-bond acceptors (Lipinski definition) is 4. The van der Waals surface area contributed by atoms with Crippen molar-refractivity contribution >= 4 is 22.4 Å². The molecule has 5 heteroatoms. The maximum absolute atomic E-state index is 11.5. The van der Waals surface area contributed by atoms with Crippen LogP contribution in [-0.2, 0) is 6.54 Å². The van der Waals surface area contributed by atoms with Gasteiger partial charge in [-0.1, -0.05) is 79.9 Å². The number of fused-ring (bicyclic) bond motifs is 1. The molecule has 1 aliphatic rings. The van der Waals surface area contributed by atoms with E-state index < -0.39 is 6.10 Å². The Morgan fingerprint density at radius 1 is 1.00 bits per heavy atom. The van der Waals surface area contributed by atoms with Gasteiger partial charge < -0.3 is 9.84 Å². The third-order valence-corrected chi connectivity index (χ3v) is 7.24. The van der Waals surface area contributed by atoms with Crippen LogP contribution in [0.1, 0.15) is 43.4 Å². The molecular weight excluding hydrogens is 432 g/mol. The van der Waals surface area contributed by atoms with Crippen LogP contribution in [0, 0.1) is 0 Å². The number of rotatable bonds is 9. The Morgan fingerprint density at radius 3 is 2.45 bits per heavy atom. The maximum Gasteiger partial charge on any atom is 0.138 e. The van der Waals surface area contributed by atoms with E-state index >= 15 is 0 Å². The zero-order valence-electron chi connectivity index (χ0n) is 19.7. The van der Waals surface area contributed by atoms with E-state index in [4.69, 9.17) is 16.3 Å². The molecule has 0 aliphatic carbocycles. The Kier molecular flexibility index (Phi) is 8.26. The van der Waals surface area contributed by atoms with Gasteiger partial charge in [-0.25, -0.2) is 0 Å². The van der Waals surface area contributed by atoms with Gasteiger partial charge in [0, 0.05) is 44.2 Å². The van der Waals surface area contributed by atoms with Crippen LogP contribution in [0.25, 0.3) is 10.8 Å². The van der Waals surface area contributed by atoms with E-state index in [0.717, 1.165) is 68.3 Å². The molecule has 176 valence electrons. The van der Waals surface area contributed by atoms with Gasteiger partial charge >= 0.3 is 0 Å². The van der Waals surface area contributed by atoms with Crippen molar-refractivity contribution < 1.29 is 9.84 Å². The fourth-order valence-electron chi connectivity index (χ4n) is 4.90. The molecule has 1 saturated heterocycles. The van der Waals surface area contributed by atoms with Crippen molar-refractivity contribution in [1.29, 1.82) is 0 Å². The first-order valence-corrected chi connectivity index (χ1v) is 12.4. The first-order valence-electron chi connectivity index (χ1n) is 12.0. The van der Waals surface area contributed by atoms with E-state index in [2.05, 4.69) is 53.1 Å². The summed E-state index contributed by atoms with van der Waals surface area (Å²) in [6, 6.07) is 20.8. The predicted octanol–water partition coefficient (Wildman–Crippen LogP) is 5.91. The normalized spacial score (nSPS) is 17.2. The van der Waals surface area contributed by atoms with Crippen LogP contribution in [-0.4, -0.2) is 54.2 Å². The smallest absolute Gasteiger partial charge is 0.138 e. The molecule has 0 saturated carbocycles. The Hall–Kier alpha value is -2.11. The van der Waals surface area contributed by atoms with E-state index in [1.807, 2.05) is 24.3 Å². The lowest BCUT2D eigenvalue weighted by Gasteiger charge is -2.41. The first-order chi connectivity index (χ1) is 16.1. The minimum absolute atomic E-state index is 0.120. The average molecular weight is 467 g/mol. The van der Waals surface area contributed by atoms with Crippen molar-refractivity contribution in [1.82, 2.24) is 9.80 Å². The summed E-state index contributed by atoms with van der Waals surface area (Å²) in [5, 5.41) is 14.1. The van der Waals surface area contributed by atoms with Crippen molar-refractivity contribution in [3.63, 3.8) is 0 Å². The van der Waals surface area contributed by atoms with Crippen molar-refractivity contribution in [2.24, 2.45) is 0 Å². The molecule has 3 aromatic rings. The summed E-state index contributed by atoms with van der Waals surface area (Å²) in [4.78, 5) is 5.01. The van der Waals surface area contributed by atoms with Crippen molar-refractivity contribution in [3.05, 3.63) is 76.8 Å². The SMILES string of the molecule is CCCC[C@H]([C@H](O)c1ccc2c(Cl)c(OC)ccc2c1)N1CCN(Cc2ccccc2)CC1. The molecule has 2 atom stereocenters. The molecule has 1 aliphatic heterocycles. The molecule has 3 aromatic carbocycles. The minimum Gasteiger partial charge on any atom is -0.495 e. The average Bonchev–Trinajstić information content (AvgIpc) is 2.86. The summed E-state index contributed by atoms with van der Waals surface area (Å²) in [7, 11) is 1.63. The minimum atomic E-state index is -0.525. The van der Waals surface area contributed by atoms with Gasteiger partial charge in [0.2, 0.25) is 0 Å². The molecule has 0 spiro atoms. The molecule has 0 amide bonds. The van der Waals surface area contributed by atoms with Crippen LogP contribution in [0.4, 0.5) is 0 Å². The molecule has 0 unspecified atom stereocenters. The van der Waals surface area contributed by atoms with Gasteiger partial charge in [0.15, 0.2) is 0 Å². The summed E-state index contributed by atoms with van der Waals surface area (Å²) in [5.41, 5.74) is 2.32. The molecule has 1 fully saturated rings. The quantitative estimate of drug-likeness (QED) is 0.425. The highest BCUT2D eigenvalue weighted by Crippen LogP contribution is 2.35. The topological polar surface area (TPSA) is 35.9 Å². The number of ether oxygens (including phenoxy) is 1. The van der Waals surface area contributed by atoms with Gasteiger partial charge in [0.1, 0.15) is 5.75 Å². The largest absolute Gasteiger partial charge is 0.495 e. The molecule has 0 aromatic heterocycles. The van der Waals surface area contributed by atoms with Crippen molar-refractivity contribution in [2.75, 3.05) is 33.3 Å². The van der Waals surface area contributed by atoms with Gasteiger partial charge in [0.25, 0.3) is 0 Å². The number of benzene rings is 3. The zero-order valence-corrected chi connectivity index (χ0v) is 20.5. The zero-order chi connectivity index (χ0) is 23.2. The Morgan fingerprint density at radius 2 is 1.76 bits per heavy atom. The number of aliphatic hydroxyl groups is 1. The van der Waals surface area contributed by atoms with Crippen molar-refractivity contribution in [3.8, 4) is 5.75 Å². The van der Waals surface area contributed by atoms with Gasteiger partial charge in [-0.2, -0.15) is 0 Å². The first kappa shape index (κ1) is 24.0. The lowest BCUT2D eigenvalue weighted by Crippen LogP contribution is -2.51. The Balaban J connectivity index is 1.47. The maximum atomic E-state index is 11.5. The highest BCUT2D eigenvalue weighted by molar-refractivity contribution is 6.37. The van der Waals surface area contributed by atoms with Crippen LogP contribution in [0.2, 0.25) is 5.02 Å². The molecule has 4 nitrogen and oxygen atoms in total. The monoisotopic (exact) mass is 466 g/mol. The second-order valence-corrected chi connectivity index (χ2v) is 9.39. The van der Waals surface area contributed by atoms with E-state index in [0.29, 0.717) is 10.8 Å². The lowest BCUT2D eigenvalue weighted by molar-refractivity contribution is 0.0113. The summed E-state index contributed by atoms with van der Waals surface area (Å²) in [6.07, 6.45) is 2.72. The summed E-state index contributed by atoms with van der Waals surface area (Å²) < 4.78 is 5.35. The molecule has 0 bridgehead atoms. The van der Waals surface area contributed by atoms with E-state index in [1.165, 1.54) is 5.56 Å². The molecule has 1 N–H and O–H groups in total. The van der Waals surface area contributed by atoms with Gasteiger partial charge in [0.05, 0.1) is 18.2 Å². The van der Waals surface area contributed by atoms with E-state index in [-0.39, 0.29) is 6.04 Å². The third kappa shape index (κ3) is 5.70. The fraction of sp³-hybridized carbons (Fsp3) is 0.429. The van der Waals surface area contributed by atoms with E-state index in [1.54, 1.807) is 7.11 Å². The summed E-state index contributed by atoms with van der Waals surface area (Å²) in [6.45, 7) is 7.22. The number of piperazine rings is 1. The standard InChI is InChI=1S/C28H35ClN2O2/c1-3-4-10-25(31-17-15-30(16-18-31)20-21-8-6-5-7-9-21)28(32)23-11-13-24-22(19-23)12-14-26(33-2)27(24)29/h5-9,11-14,19,25,28,32H,3-4,10,15-18,20H2,1-2H3/t25-,28-/m1/s1. The third-order valence-electron chi connectivity index (χ3n) is 6.85. The number of unbranched alkanes of at least 4 members (excludes halogenated alkanes) is 1. The van der Waals surface area contributed by atoms with Crippen molar-refractivity contribution in [2.45, 2.75) is 44.9 Å². The Bertz CT molecular complexity index is 1030. The van der Waals surface area contributed by atoms with Gasteiger partial charge in [-0.05, 0) is 35.1 Å². The summed E-state index contributed by atoms with van der Waals surface area (Å²) >= 11 is 6.50. The van der Waals surface area contributed by atoms with Crippen LogP contribution in [0.5, 0.6) is 5.75 Å². The van der Waals surface area contributed by atoms with Crippen LogP contribution < -0.4 is 4.74 Å².